The van der Waals surface area contributed by atoms with Gasteiger partial charge >= 0.3 is 0 Å². The van der Waals surface area contributed by atoms with Crippen LogP contribution in [0.1, 0.15) is 19.2 Å². The Hall–Kier alpha value is -2.47. The van der Waals surface area contributed by atoms with Gasteiger partial charge in [-0.05, 0) is 19.1 Å². The number of aliphatic imine (C=N–C) groups is 1. The third kappa shape index (κ3) is 3.22. The number of aryl methyl sites for hydroxylation is 1. The number of ether oxygens (including phenoxy) is 1. The number of imidazole rings is 1. The molecule has 1 fully saturated rings. The Morgan fingerprint density at radius 1 is 1.20 bits per heavy atom. The summed E-state index contributed by atoms with van der Waals surface area (Å²) in [7, 11) is 0. The summed E-state index contributed by atoms with van der Waals surface area (Å²) >= 11 is 0. The number of fused-ring (bicyclic) bond motifs is 1. The van der Waals surface area contributed by atoms with Gasteiger partial charge in [0, 0.05) is 44.3 Å². The van der Waals surface area contributed by atoms with Crippen LogP contribution in [-0.2, 0) is 22.5 Å². The SMILES string of the molecule is CCn1c(CC2=NC(N3CCOCC3)=CC(=O)C2)nc2ccccc21. The molecule has 0 amide bonds. The van der Waals surface area contributed by atoms with E-state index in [1.807, 2.05) is 18.2 Å². The zero-order valence-electron chi connectivity index (χ0n) is 14.4. The maximum Gasteiger partial charge on any atom is 0.164 e. The number of carbonyl (C=O) groups is 1. The topological polar surface area (TPSA) is 59.7 Å². The van der Waals surface area contributed by atoms with Crippen LogP contribution in [-0.4, -0.2) is 52.2 Å². The molecule has 0 unspecified atom stereocenters. The van der Waals surface area contributed by atoms with E-state index in [1.165, 1.54) is 0 Å². The van der Waals surface area contributed by atoms with E-state index in [0.717, 1.165) is 48.0 Å². The van der Waals surface area contributed by atoms with Crippen molar-refractivity contribution in [1.82, 2.24) is 14.5 Å². The zero-order valence-corrected chi connectivity index (χ0v) is 14.4. The highest BCUT2D eigenvalue weighted by Gasteiger charge is 2.21. The first-order valence-corrected chi connectivity index (χ1v) is 8.82. The summed E-state index contributed by atoms with van der Waals surface area (Å²) in [5.41, 5.74) is 3.01. The van der Waals surface area contributed by atoms with Gasteiger partial charge in [0.25, 0.3) is 0 Å². The van der Waals surface area contributed by atoms with Crippen LogP contribution in [0, 0.1) is 0 Å². The van der Waals surface area contributed by atoms with Crippen molar-refractivity contribution >= 4 is 22.5 Å². The lowest BCUT2D eigenvalue weighted by Gasteiger charge is -2.30. The maximum atomic E-state index is 12.2. The van der Waals surface area contributed by atoms with Crippen molar-refractivity contribution in [3.63, 3.8) is 0 Å². The van der Waals surface area contributed by atoms with Crippen molar-refractivity contribution in [2.75, 3.05) is 26.3 Å². The molecular weight excluding hydrogens is 316 g/mol. The van der Waals surface area contributed by atoms with E-state index in [0.29, 0.717) is 26.1 Å². The van der Waals surface area contributed by atoms with Crippen LogP contribution in [0.25, 0.3) is 11.0 Å². The van der Waals surface area contributed by atoms with E-state index < -0.39 is 0 Å². The summed E-state index contributed by atoms with van der Waals surface area (Å²) in [6.45, 7) is 5.89. The first-order valence-electron chi connectivity index (χ1n) is 8.82. The normalized spacial score (nSPS) is 18.4. The van der Waals surface area contributed by atoms with Crippen molar-refractivity contribution in [3.05, 3.63) is 42.0 Å². The predicted octanol–water partition coefficient (Wildman–Crippen LogP) is 2.19. The molecule has 1 saturated heterocycles. The number of rotatable bonds is 4. The Balaban J connectivity index is 1.62. The second kappa shape index (κ2) is 6.80. The highest BCUT2D eigenvalue weighted by atomic mass is 16.5. The number of nitrogens with zero attached hydrogens (tertiary/aromatic N) is 4. The van der Waals surface area contributed by atoms with Gasteiger partial charge in [-0.1, -0.05) is 12.1 Å². The summed E-state index contributed by atoms with van der Waals surface area (Å²) in [4.78, 5) is 23.9. The molecule has 2 aliphatic rings. The van der Waals surface area contributed by atoms with Gasteiger partial charge in [0.1, 0.15) is 11.6 Å². The number of ketones is 1. The van der Waals surface area contributed by atoms with Crippen molar-refractivity contribution < 1.29 is 9.53 Å². The number of hydrogen-bond acceptors (Lipinski definition) is 5. The molecule has 3 heterocycles. The minimum Gasteiger partial charge on any atom is -0.378 e. The smallest absolute Gasteiger partial charge is 0.164 e. The fourth-order valence-electron chi connectivity index (χ4n) is 3.48. The lowest BCUT2D eigenvalue weighted by molar-refractivity contribution is -0.113. The molecular formula is C19H22N4O2. The predicted molar refractivity (Wildman–Crippen MR) is 96.6 cm³/mol. The summed E-state index contributed by atoms with van der Waals surface area (Å²) in [6, 6.07) is 8.14. The second-order valence-electron chi connectivity index (χ2n) is 6.36. The fraction of sp³-hybridized carbons (Fsp3) is 0.421. The van der Waals surface area contributed by atoms with E-state index in [2.05, 4.69) is 22.5 Å². The number of hydrogen-bond donors (Lipinski definition) is 0. The summed E-state index contributed by atoms with van der Waals surface area (Å²) in [6.07, 6.45) is 2.65. The molecule has 0 spiro atoms. The summed E-state index contributed by atoms with van der Waals surface area (Å²) in [5, 5.41) is 0. The highest BCUT2D eigenvalue weighted by molar-refractivity contribution is 6.09. The molecule has 0 bridgehead atoms. The van der Waals surface area contributed by atoms with Crippen LogP contribution in [0.4, 0.5) is 0 Å². The molecule has 2 aromatic rings. The molecule has 0 aliphatic carbocycles. The van der Waals surface area contributed by atoms with Crippen molar-refractivity contribution in [3.8, 4) is 0 Å². The monoisotopic (exact) mass is 338 g/mol. The van der Waals surface area contributed by atoms with Crippen molar-refractivity contribution in [2.24, 2.45) is 4.99 Å². The van der Waals surface area contributed by atoms with Crippen LogP contribution < -0.4 is 0 Å². The third-order valence-electron chi connectivity index (χ3n) is 4.69. The van der Waals surface area contributed by atoms with Crippen molar-refractivity contribution in [2.45, 2.75) is 26.3 Å². The molecule has 2 aliphatic heterocycles. The average Bonchev–Trinajstić information content (AvgIpc) is 2.99. The molecule has 6 nitrogen and oxygen atoms in total. The van der Waals surface area contributed by atoms with Gasteiger partial charge in [-0.2, -0.15) is 0 Å². The first kappa shape index (κ1) is 16.0. The molecule has 25 heavy (non-hydrogen) atoms. The van der Waals surface area contributed by atoms with Gasteiger partial charge in [0.15, 0.2) is 5.78 Å². The Bertz CT molecular complexity index is 859. The van der Waals surface area contributed by atoms with E-state index in [1.54, 1.807) is 6.08 Å². The van der Waals surface area contributed by atoms with E-state index in [-0.39, 0.29) is 5.78 Å². The van der Waals surface area contributed by atoms with E-state index >= 15 is 0 Å². The number of benzene rings is 1. The molecule has 0 saturated carbocycles. The molecule has 4 rings (SSSR count). The fourth-order valence-corrected chi connectivity index (χ4v) is 3.48. The molecule has 6 heteroatoms. The maximum absolute atomic E-state index is 12.2. The van der Waals surface area contributed by atoms with Gasteiger partial charge in [0.05, 0.1) is 24.2 Å². The number of aromatic nitrogens is 2. The molecule has 0 atom stereocenters. The van der Waals surface area contributed by atoms with E-state index in [9.17, 15) is 4.79 Å². The number of carbonyl (C=O) groups excluding carboxylic acids is 1. The Morgan fingerprint density at radius 3 is 2.80 bits per heavy atom. The number of para-hydroxylation sites is 2. The third-order valence-corrected chi connectivity index (χ3v) is 4.69. The summed E-state index contributed by atoms with van der Waals surface area (Å²) < 4.78 is 7.59. The zero-order chi connectivity index (χ0) is 17.2. The molecule has 1 aromatic heterocycles. The standard InChI is InChI=1S/C19H22N4O2/c1-2-23-17-6-4-3-5-16(17)21-19(23)12-14-11-15(24)13-18(20-14)22-7-9-25-10-8-22/h3-6,13H,2,7-12H2,1H3. The number of allylic oxidation sites excluding steroid dienone is 1. The molecule has 1 aromatic carbocycles. The molecule has 0 radical (unpaired) electrons. The van der Waals surface area contributed by atoms with Gasteiger partial charge in [-0.3, -0.25) is 4.79 Å². The van der Waals surface area contributed by atoms with Crippen molar-refractivity contribution in [1.29, 1.82) is 0 Å². The highest BCUT2D eigenvalue weighted by Crippen LogP contribution is 2.20. The van der Waals surface area contributed by atoms with Gasteiger partial charge in [-0.15, -0.1) is 0 Å². The summed E-state index contributed by atoms with van der Waals surface area (Å²) in [5.74, 6) is 1.86. The lowest BCUT2D eigenvalue weighted by Crippen LogP contribution is -2.36. The minimum atomic E-state index is 0.116. The quantitative estimate of drug-likeness (QED) is 0.857. The molecule has 130 valence electrons. The lowest BCUT2D eigenvalue weighted by atomic mass is 10.1. The van der Waals surface area contributed by atoms with E-state index in [4.69, 9.17) is 14.7 Å². The van der Waals surface area contributed by atoms with Crippen LogP contribution in [0.5, 0.6) is 0 Å². The Labute approximate surface area is 146 Å². The Kier molecular flexibility index (Phi) is 4.36. The van der Waals surface area contributed by atoms with Crippen LogP contribution in [0.15, 0.2) is 41.2 Å². The van der Waals surface area contributed by atoms with Gasteiger partial charge in [0.2, 0.25) is 0 Å². The first-order chi connectivity index (χ1) is 12.2. The van der Waals surface area contributed by atoms with Gasteiger partial charge in [-0.25, -0.2) is 9.98 Å². The minimum absolute atomic E-state index is 0.116. The average molecular weight is 338 g/mol. The molecule has 0 N–H and O–H groups in total. The number of morpholine rings is 1. The van der Waals surface area contributed by atoms with Gasteiger partial charge < -0.3 is 14.2 Å². The van der Waals surface area contributed by atoms with Crippen LogP contribution in [0.3, 0.4) is 0 Å². The largest absolute Gasteiger partial charge is 0.378 e. The Morgan fingerprint density at radius 2 is 2.00 bits per heavy atom. The van der Waals surface area contributed by atoms with Crippen LogP contribution >= 0.6 is 0 Å². The van der Waals surface area contributed by atoms with Crippen LogP contribution in [0.2, 0.25) is 0 Å². The second-order valence-corrected chi connectivity index (χ2v) is 6.36.